The lowest BCUT2D eigenvalue weighted by atomic mass is 10.2. The Labute approximate surface area is 103 Å². The summed E-state index contributed by atoms with van der Waals surface area (Å²) in [4.78, 5) is 3.43. The summed E-state index contributed by atoms with van der Waals surface area (Å²) >= 11 is 0. The molecule has 0 unspecified atom stereocenters. The highest BCUT2D eigenvalue weighted by molar-refractivity contribution is 5.52. The molecule has 0 aliphatic rings. The lowest BCUT2D eigenvalue weighted by Gasteiger charge is -2.10. The van der Waals surface area contributed by atoms with Crippen molar-refractivity contribution in [1.29, 1.82) is 5.26 Å². The van der Waals surface area contributed by atoms with E-state index in [4.69, 9.17) is 5.26 Å². The zero-order valence-corrected chi connectivity index (χ0v) is 9.75. The lowest BCUT2D eigenvalue weighted by Crippen LogP contribution is -2.12. The van der Waals surface area contributed by atoms with Gasteiger partial charge < -0.3 is 5.32 Å². The molecule has 6 heteroatoms. The molecule has 18 heavy (non-hydrogen) atoms. The van der Waals surface area contributed by atoms with Crippen LogP contribution >= 0.6 is 0 Å². The molecule has 0 aliphatic carbocycles. The molecule has 96 valence electrons. The maximum Gasteiger partial charge on any atom is 0.433 e. The summed E-state index contributed by atoms with van der Waals surface area (Å²) in [6, 6.07) is 3.72. The maximum atomic E-state index is 12.5. The molecule has 1 rings (SSSR count). The highest BCUT2D eigenvalue weighted by Crippen LogP contribution is 2.29. The maximum absolute atomic E-state index is 12.5. The number of halogens is 3. The van der Waals surface area contributed by atoms with Gasteiger partial charge in [-0.25, -0.2) is 4.98 Å². The number of nitrogens with zero attached hydrogens (tertiary/aromatic N) is 2. The molecule has 0 amide bonds. The molecular weight excluding hydrogens is 243 g/mol. The first-order valence-electron chi connectivity index (χ1n) is 5.32. The van der Waals surface area contributed by atoms with E-state index < -0.39 is 11.9 Å². The first kappa shape index (κ1) is 14.0. The van der Waals surface area contributed by atoms with Crippen LogP contribution in [-0.2, 0) is 6.18 Å². The van der Waals surface area contributed by atoms with E-state index in [-0.39, 0.29) is 11.4 Å². The number of allylic oxidation sites excluding steroid dienone is 1. The molecule has 0 bridgehead atoms. The van der Waals surface area contributed by atoms with Crippen LogP contribution in [0.4, 0.5) is 19.0 Å². The van der Waals surface area contributed by atoms with Gasteiger partial charge in [-0.05, 0) is 25.5 Å². The van der Waals surface area contributed by atoms with Gasteiger partial charge in [0.15, 0.2) is 0 Å². The van der Waals surface area contributed by atoms with E-state index in [0.29, 0.717) is 13.0 Å². The SMILES string of the molecule is C/C=C/CCNc1nc(C(F)(F)F)ccc1C#N. The van der Waals surface area contributed by atoms with Crippen molar-refractivity contribution in [1.82, 2.24) is 4.98 Å². The molecule has 1 aromatic rings. The van der Waals surface area contributed by atoms with Crippen LogP contribution in [0.5, 0.6) is 0 Å². The largest absolute Gasteiger partial charge is 0.433 e. The molecule has 0 aliphatic heterocycles. The topological polar surface area (TPSA) is 48.7 Å². The fourth-order valence-electron chi connectivity index (χ4n) is 1.28. The van der Waals surface area contributed by atoms with Crippen molar-refractivity contribution in [3.05, 3.63) is 35.5 Å². The average molecular weight is 255 g/mol. The molecule has 1 heterocycles. The Morgan fingerprint density at radius 1 is 1.44 bits per heavy atom. The monoisotopic (exact) mass is 255 g/mol. The Morgan fingerprint density at radius 3 is 2.72 bits per heavy atom. The van der Waals surface area contributed by atoms with Crippen molar-refractivity contribution in [2.45, 2.75) is 19.5 Å². The van der Waals surface area contributed by atoms with E-state index in [1.807, 2.05) is 19.1 Å². The molecule has 0 saturated heterocycles. The van der Waals surface area contributed by atoms with Crippen LogP contribution in [0.15, 0.2) is 24.3 Å². The van der Waals surface area contributed by atoms with Gasteiger partial charge in [-0.2, -0.15) is 18.4 Å². The summed E-state index contributed by atoms with van der Waals surface area (Å²) < 4.78 is 37.4. The van der Waals surface area contributed by atoms with Crippen molar-refractivity contribution in [3.8, 4) is 6.07 Å². The first-order valence-corrected chi connectivity index (χ1v) is 5.32. The van der Waals surface area contributed by atoms with Crippen LogP contribution in [0.2, 0.25) is 0 Å². The summed E-state index contributed by atoms with van der Waals surface area (Å²) in [6.07, 6.45) is -0.147. The Balaban J connectivity index is 2.90. The van der Waals surface area contributed by atoms with Crippen molar-refractivity contribution in [3.63, 3.8) is 0 Å². The molecule has 1 N–H and O–H groups in total. The number of hydrogen-bond acceptors (Lipinski definition) is 3. The molecule has 0 saturated carbocycles. The molecular formula is C12H12F3N3. The second-order valence-electron chi connectivity index (χ2n) is 3.49. The number of alkyl halides is 3. The van der Waals surface area contributed by atoms with Crippen LogP contribution in [0.3, 0.4) is 0 Å². The first-order chi connectivity index (χ1) is 8.49. The van der Waals surface area contributed by atoms with E-state index in [1.54, 1.807) is 6.07 Å². The third kappa shape index (κ3) is 3.77. The minimum atomic E-state index is -4.51. The Kier molecular flexibility index (Phi) is 4.72. The van der Waals surface area contributed by atoms with Crippen molar-refractivity contribution in [2.75, 3.05) is 11.9 Å². The molecule has 0 radical (unpaired) electrons. The molecule has 3 nitrogen and oxygen atoms in total. The van der Waals surface area contributed by atoms with Gasteiger partial charge in [0, 0.05) is 6.54 Å². The number of nitrogens with one attached hydrogen (secondary N) is 1. The molecule has 0 atom stereocenters. The van der Waals surface area contributed by atoms with Crippen LogP contribution in [0, 0.1) is 11.3 Å². The summed E-state index contributed by atoms with van der Waals surface area (Å²) in [7, 11) is 0. The number of aromatic nitrogens is 1. The Morgan fingerprint density at radius 2 is 2.17 bits per heavy atom. The number of pyridine rings is 1. The summed E-state index contributed by atoms with van der Waals surface area (Å²) in [5.41, 5.74) is -0.904. The second-order valence-corrected chi connectivity index (χ2v) is 3.49. The van der Waals surface area contributed by atoms with Crippen molar-refractivity contribution < 1.29 is 13.2 Å². The molecule has 0 aromatic carbocycles. The number of hydrogen-bond donors (Lipinski definition) is 1. The lowest BCUT2D eigenvalue weighted by molar-refractivity contribution is -0.141. The summed E-state index contributed by atoms with van der Waals surface area (Å²) in [5.74, 6) is -0.0307. The quantitative estimate of drug-likeness (QED) is 0.663. The van der Waals surface area contributed by atoms with E-state index in [1.165, 1.54) is 0 Å². The van der Waals surface area contributed by atoms with Crippen LogP contribution < -0.4 is 5.32 Å². The zero-order chi connectivity index (χ0) is 13.6. The van der Waals surface area contributed by atoms with Crippen LogP contribution in [0.1, 0.15) is 24.6 Å². The number of anilines is 1. The van der Waals surface area contributed by atoms with Gasteiger partial charge in [-0.3, -0.25) is 0 Å². The summed E-state index contributed by atoms with van der Waals surface area (Å²) in [6.45, 7) is 2.27. The smallest absolute Gasteiger partial charge is 0.369 e. The zero-order valence-electron chi connectivity index (χ0n) is 9.75. The highest BCUT2D eigenvalue weighted by atomic mass is 19.4. The van der Waals surface area contributed by atoms with Crippen LogP contribution in [-0.4, -0.2) is 11.5 Å². The Bertz CT molecular complexity index is 472. The third-order valence-electron chi connectivity index (χ3n) is 2.15. The highest BCUT2D eigenvalue weighted by Gasteiger charge is 2.33. The van der Waals surface area contributed by atoms with Gasteiger partial charge in [-0.1, -0.05) is 12.2 Å². The molecule has 0 fully saturated rings. The average Bonchev–Trinajstić information content (AvgIpc) is 2.33. The van der Waals surface area contributed by atoms with Crippen LogP contribution in [0.25, 0.3) is 0 Å². The minimum Gasteiger partial charge on any atom is -0.369 e. The minimum absolute atomic E-state index is 0.0307. The predicted molar refractivity (Wildman–Crippen MR) is 61.9 cm³/mol. The second kappa shape index (κ2) is 6.05. The van der Waals surface area contributed by atoms with Gasteiger partial charge in [0.2, 0.25) is 0 Å². The van der Waals surface area contributed by atoms with E-state index in [9.17, 15) is 13.2 Å². The fourth-order valence-corrected chi connectivity index (χ4v) is 1.28. The fraction of sp³-hybridized carbons (Fsp3) is 0.333. The van der Waals surface area contributed by atoms with Gasteiger partial charge in [0.05, 0.1) is 5.56 Å². The van der Waals surface area contributed by atoms with Gasteiger partial charge >= 0.3 is 6.18 Å². The number of nitriles is 1. The standard InChI is InChI=1S/C12H12F3N3/c1-2-3-4-7-17-11-9(8-16)5-6-10(18-11)12(13,14)15/h2-3,5-6H,4,7H2,1H3,(H,17,18)/b3-2+. The van der Waals surface area contributed by atoms with Crippen molar-refractivity contribution >= 4 is 5.82 Å². The normalized spacial score (nSPS) is 11.5. The third-order valence-corrected chi connectivity index (χ3v) is 2.15. The molecule has 0 spiro atoms. The van der Waals surface area contributed by atoms with Crippen molar-refractivity contribution in [2.24, 2.45) is 0 Å². The summed E-state index contributed by atoms with van der Waals surface area (Å²) in [5, 5.41) is 11.5. The predicted octanol–water partition coefficient (Wildman–Crippen LogP) is 3.35. The number of rotatable bonds is 4. The van der Waals surface area contributed by atoms with Gasteiger partial charge in [0.1, 0.15) is 17.6 Å². The van der Waals surface area contributed by atoms with E-state index in [2.05, 4.69) is 10.3 Å². The molecule has 1 aromatic heterocycles. The van der Waals surface area contributed by atoms with E-state index in [0.717, 1.165) is 12.1 Å². The van der Waals surface area contributed by atoms with Gasteiger partial charge in [-0.15, -0.1) is 0 Å². The van der Waals surface area contributed by atoms with E-state index >= 15 is 0 Å². The Hall–Kier alpha value is -2.03. The van der Waals surface area contributed by atoms with Gasteiger partial charge in [0.25, 0.3) is 0 Å².